The summed E-state index contributed by atoms with van der Waals surface area (Å²) in [5.41, 5.74) is 4.79. The number of nitrogens with zero attached hydrogens (tertiary/aromatic N) is 5. The van der Waals surface area contributed by atoms with Gasteiger partial charge in [-0.05, 0) is 18.2 Å². The Balaban J connectivity index is 1.58. The molecule has 3 N–H and O–H groups in total. The smallest absolute Gasteiger partial charge is 0.311 e. The zero-order chi connectivity index (χ0) is 18.1. The lowest BCUT2D eigenvalue weighted by Gasteiger charge is -1.99. The molecule has 0 aliphatic heterocycles. The Kier molecular flexibility index (Phi) is 3.62. The Hall–Kier alpha value is -4.08. The van der Waals surface area contributed by atoms with Gasteiger partial charge in [-0.3, -0.25) is 10.1 Å². The van der Waals surface area contributed by atoms with E-state index >= 15 is 0 Å². The SMILES string of the molecule is O=[N+]([O-])c1cc(/C=N/Nc2nnc3c(n2)[nH]c2ccccc23)ccc1O. The highest BCUT2D eigenvalue weighted by molar-refractivity contribution is 6.03. The number of fused-ring (bicyclic) bond motifs is 3. The molecule has 2 aromatic carbocycles. The molecule has 10 nitrogen and oxygen atoms in total. The van der Waals surface area contributed by atoms with E-state index in [-0.39, 0.29) is 5.95 Å². The van der Waals surface area contributed by atoms with Gasteiger partial charge in [-0.15, -0.1) is 10.2 Å². The second-order valence-corrected chi connectivity index (χ2v) is 5.38. The van der Waals surface area contributed by atoms with Crippen molar-refractivity contribution < 1.29 is 10.0 Å². The molecule has 4 aromatic rings. The van der Waals surface area contributed by atoms with E-state index in [1.165, 1.54) is 24.4 Å². The van der Waals surface area contributed by atoms with Gasteiger partial charge in [0.05, 0.1) is 11.1 Å². The van der Waals surface area contributed by atoms with Crippen LogP contribution in [0.5, 0.6) is 5.75 Å². The van der Waals surface area contributed by atoms with Crippen LogP contribution < -0.4 is 5.43 Å². The lowest BCUT2D eigenvalue weighted by Crippen LogP contribution is -1.99. The Bertz CT molecular complexity index is 1170. The van der Waals surface area contributed by atoms with Crippen molar-refractivity contribution in [2.24, 2.45) is 5.10 Å². The van der Waals surface area contributed by atoms with Gasteiger partial charge in [0.2, 0.25) is 0 Å². The minimum absolute atomic E-state index is 0.175. The number of para-hydroxylation sites is 1. The maximum atomic E-state index is 10.8. The number of nitrogens with one attached hydrogen (secondary N) is 2. The number of hydrogen-bond acceptors (Lipinski definition) is 8. The summed E-state index contributed by atoms with van der Waals surface area (Å²) in [6, 6.07) is 11.6. The lowest BCUT2D eigenvalue weighted by molar-refractivity contribution is -0.385. The summed E-state index contributed by atoms with van der Waals surface area (Å²) in [5.74, 6) is -0.231. The molecule has 0 unspecified atom stereocenters. The van der Waals surface area contributed by atoms with Gasteiger partial charge in [0.25, 0.3) is 5.95 Å². The minimum atomic E-state index is -0.670. The first-order valence-electron chi connectivity index (χ1n) is 7.49. The van der Waals surface area contributed by atoms with Crippen molar-refractivity contribution >= 4 is 39.9 Å². The first-order valence-corrected chi connectivity index (χ1v) is 7.49. The summed E-state index contributed by atoms with van der Waals surface area (Å²) in [6.07, 6.45) is 1.35. The highest BCUT2D eigenvalue weighted by Crippen LogP contribution is 2.25. The van der Waals surface area contributed by atoms with Gasteiger partial charge in [-0.2, -0.15) is 10.1 Å². The van der Waals surface area contributed by atoms with E-state index < -0.39 is 16.4 Å². The fourth-order valence-electron chi connectivity index (χ4n) is 2.50. The second kappa shape index (κ2) is 6.09. The first kappa shape index (κ1) is 15.4. The number of H-pyrrole nitrogens is 1. The topological polar surface area (TPSA) is 142 Å². The third-order valence-electron chi connectivity index (χ3n) is 3.70. The Labute approximate surface area is 145 Å². The van der Waals surface area contributed by atoms with E-state index in [2.05, 4.69) is 30.7 Å². The predicted octanol–water partition coefficient (Wildman–Crippen LogP) is 2.57. The zero-order valence-electron chi connectivity index (χ0n) is 13.1. The molecule has 10 heteroatoms. The van der Waals surface area contributed by atoms with Crippen LogP contribution in [0.2, 0.25) is 0 Å². The number of hydrazone groups is 1. The number of benzene rings is 2. The lowest BCUT2D eigenvalue weighted by atomic mass is 10.2. The standard InChI is InChI=1S/C16H11N7O3/c24-13-6-5-9(7-12(13)23(25)26)8-17-21-16-19-15-14(20-22-16)10-3-1-2-4-11(10)18-15/h1-8,24H,(H2,18,19,21,22)/b17-8+. The fraction of sp³-hybridized carbons (Fsp3) is 0. The summed E-state index contributed by atoms with van der Waals surface area (Å²) in [7, 11) is 0. The number of aromatic amines is 1. The highest BCUT2D eigenvalue weighted by atomic mass is 16.6. The first-order chi connectivity index (χ1) is 12.6. The largest absolute Gasteiger partial charge is 0.502 e. The predicted molar refractivity (Wildman–Crippen MR) is 95.2 cm³/mol. The molecule has 0 aliphatic carbocycles. The van der Waals surface area contributed by atoms with Crippen molar-refractivity contribution in [2.75, 3.05) is 5.43 Å². The molecule has 0 radical (unpaired) electrons. The number of nitro groups is 1. The molecule has 0 spiro atoms. The van der Waals surface area contributed by atoms with Gasteiger partial charge in [0.1, 0.15) is 5.52 Å². The third kappa shape index (κ3) is 2.75. The van der Waals surface area contributed by atoms with Crippen molar-refractivity contribution in [1.82, 2.24) is 20.2 Å². The molecule has 2 aromatic heterocycles. The summed E-state index contributed by atoms with van der Waals surface area (Å²) in [6.45, 7) is 0. The van der Waals surface area contributed by atoms with Gasteiger partial charge in [0, 0.05) is 22.5 Å². The fourth-order valence-corrected chi connectivity index (χ4v) is 2.50. The molecule has 2 heterocycles. The summed E-state index contributed by atoms with van der Waals surface area (Å²) in [4.78, 5) is 17.6. The molecule has 128 valence electrons. The molecule has 0 fully saturated rings. The van der Waals surface area contributed by atoms with E-state index in [0.29, 0.717) is 16.7 Å². The minimum Gasteiger partial charge on any atom is -0.502 e. The van der Waals surface area contributed by atoms with Crippen LogP contribution in [0, 0.1) is 10.1 Å². The Morgan fingerprint density at radius 3 is 2.92 bits per heavy atom. The molecule has 0 bridgehead atoms. The van der Waals surface area contributed by atoms with E-state index in [1.54, 1.807) is 0 Å². The van der Waals surface area contributed by atoms with Crippen molar-refractivity contribution in [1.29, 1.82) is 0 Å². The van der Waals surface area contributed by atoms with Gasteiger partial charge < -0.3 is 10.1 Å². The van der Waals surface area contributed by atoms with E-state index in [4.69, 9.17) is 0 Å². The van der Waals surface area contributed by atoms with Gasteiger partial charge in [-0.25, -0.2) is 5.43 Å². The molecule has 0 saturated heterocycles. The van der Waals surface area contributed by atoms with Gasteiger partial charge >= 0.3 is 5.69 Å². The van der Waals surface area contributed by atoms with Crippen LogP contribution in [0.1, 0.15) is 5.56 Å². The number of nitro benzene ring substituents is 1. The van der Waals surface area contributed by atoms with Crippen LogP contribution in [0.15, 0.2) is 47.6 Å². The maximum Gasteiger partial charge on any atom is 0.311 e. The Morgan fingerprint density at radius 1 is 1.23 bits per heavy atom. The van der Waals surface area contributed by atoms with Crippen LogP contribution in [-0.4, -0.2) is 36.4 Å². The van der Waals surface area contributed by atoms with Crippen molar-refractivity contribution in [3.63, 3.8) is 0 Å². The average Bonchev–Trinajstić information content (AvgIpc) is 3.00. The normalized spacial score (nSPS) is 11.4. The second-order valence-electron chi connectivity index (χ2n) is 5.38. The van der Waals surface area contributed by atoms with Crippen molar-refractivity contribution in [3.8, 4) is 5.75 Å². The quantitative estimate of drug-likeness (QED) is 0.292. The van der Waals surface area contributed by atoms with Crippen molar-refractivity contribution in [2.45, 2.75) is 0 Å². The molecule has 26 heavy (non-hydrogen) atoms. The number of aromatic hydroxyl groups is 1. The zero-order valence-corrected chi connectivity index (χ0v) is 13.1. The van der Waals surface area contributed by atoms with E-state index in [0.717, 1.165) is 10.9 Å². The number of hydrogen-bond donors (Lipinski definition) is 3. The van der Waals surface area contributed by atoms with Crippen LogP contribution in [0.3, 0.4) is 0 Å². The summed E-state index contributed by atoms with van der Waals surface area (Å²) < 4.78 is 0. The maximum absolute atomic E-state index is 10.8. The molecular formula is C16H11N7O3. The number of phenols is 1. The number of phenolic OH excluding ortho intramolecular Hbond substituents is 1. The van der Waals surface area contributed by atoms with E-state index in [1.807, 2.05) is 24.3 Å². The molecule has 0 atom stereocenters. The molecule has 0 aliphatic rings. The van der Waals surface area contributed by atoms with Crippen LogP contribution >= 0.6 is 0 Å². The van der Waals surface area contributed by atoms with E-state index in [9.17, 15) is 15.2 Å². The van der Waals surface area contributed by atoms with Crippen molar-refractivity contribution in [3.05, 3.63) is 58.1 Å². The van der Waals surface area contributed by atoms with Gasteiger partial charge in [0.15, 0.2) is 11.4 Å². The highest BCUT2D eigenvalue weighted by Gasteiger charge is 2.13. The Morgan fingerprint density at radius 2 is 2.08 bits per heavy atom. The van der Waals surface area contributed by atoms with Crippen LogP contribution in [-0.2, 0) is 0 Å². The summed E-state index contributed by atoms with van der Waals surface area (Å²) in [5, 5.41) is 33.2. The number of rotatable bonds is 4. The monoisotopic (exact) mass is 349 g/mol. The number of aromatic nitrogens is 4. The molecule has 0 amide bonds. The summed E-state index contributed by atoms with van der Waals surface area (Å²) >= 11 is 0. The number of anilines is 1. The van der Waals surface area contributed by atoms with Crippen LogP contribution in [0.25, 0.3) is 22.1 Å². The average molecular weight is 349 g/mol. The van der Waals surface area contributed by atoms with Crippen LogP contribution in [0.4, 0.5) is 11.6 Å². The van der Waals surface area contributed by atoms with Gasteiger partial charge in [-0.1, -0.05) is 18.2 Å². The molecule has 4 rings (SSSR count). The molecule has 0 saturated carbocycles. The third-order valence-corrected chi connectivity index (χ3v) is 3.70. The molecular weight excluding hydrogens is 338 g/mol.